The van der Waals surface area contributed by atoms with Crippen molar-refractivity contribution in [3.05, 3.63) is 23.5 Å². The maximum absolute atomic E-state index is 11.9. The third-order valence-electron chi connectivity index (χ3n) is 2.82. The molecular weight excluding hydrogens is 192 g/mol. The summed E-state index contributed by atoms with van der Waals surface area (Å²) in [5, 5.41) is 0. The van der Waals surface area contributed by atoms with Crippen LogP contribution in [0.1, 0.15) is 28.9 Å². The van der Waals surface area contributed by atoms with Crippen LogP contribution >= 0.6 is 0 Å². The van der Waals surface area contributed by atoms with Gasteiger partial charge in [-0.15, -0.1) is 0 Å². The molecule has 0 aromatic carbocycles. The van der Waals surface area contributed by atoms with E-state index in [4.69, 9.17) is 10.5 Å². The molecule has 0 radical (unpaired) electrons. The zero-order chi connectivity index (χ0) is 10.8. The number of nitrogens with two attached hydrogens (primary N) is 1. The second-order valence-electron chi connectivity index (χ2n) is 3.90. The first kappa shape index (κ1) is 10.4. The van der Waals surface area contributed by atoms with Gasteiger partial charge in [0, 0.05) is 37.7 Å². The van der Waals surface area contributed by atoms with Crippen molar-refractivity contribution in [1.82, 2.24) is 4.57 Å². The van der Waals surface area contributed by atoms with Gasteiger partial charge < -0.3 is 15.0 Å². The zero-order valence-electron chi connectivity index (χ0n) is 8.90. The molecule has 4 nitrogen and oxygen atoms in total. The van der Waals surface area contributed by atoms with Gasteiger partial charge in [0.15, 0.2) is 5.78 Å². The maximum atomic E-state index is 11.9. The molecule has 1 aliphatic rings. The highest BCUT2D eigenvalue weighted by Gasteiger charge is 2.25. The summed E-state index contributed by atoms with van der Waals surface area (Å²) in [5.74, 6) is 0.0859. The number of carbonyl (C=O) groups excluding carboxylic acids is 1. The molecule has 1 aliphatic heterocycles. The van der Waals surface area contributed by atoms with Crippen molar-refractivity contribution < 1.29 is 9.53 Å². The average Bonchev–Trinajstić information content (AvgIpc) is 2.85. The summed E-state index contributed by atoms with van der Waals surface area (Å²) in [6.07, 6.45) is 3.41. The van der Waals surface area contributed by atoms with Crippen molar-refractivity contribution in [2.45, 2.75) is 25.5 Å². The van der Waals surface area contributed by atoms with E-state index >= 15 is 0 Å². The highest BCUT2D eigenvalue weighted by molar-refractivity contribution is 5.99. The van der Waals surface area contributed by atoms with E-state index in [1.807, 2.05) is 23.9 Å². The van der Waals surface area contributed by atoms with E-state index in [0.29, 0.717) is 18.7 Å². The first-order chi connectivity index (χ1) is 7.22. The molecule has 0 amide bonds. The van der Waals surface area contributed by atoms with Gasteiger partial charge in [-0.05, 0) is 18.9 Å². The van der Waals surface area contributed by atoms with Crippen LogP contribution in [-0.2, 0) is 18.3 Å². The lowest BCUT2D eigenvalue weighted by Gasteiger charge is -2.05. The first-order valence-corrected chi connectivity index (χ1v) is 5.23. The van der Waals surface area contributed by atoms with Gasteiger partial charge in [-0.25, -0.2) is 0 Å². The summed E-state index contributed by atoms with van der Waals surface area (Å²) in [7, 11) is 1.90. The third kappa shape index (κ3) is 1.96. The van der Waals surface area contributed by atoms with E-state index in [1.54, 1.807) is 0 Å². The molecule has 15 heavy (non-hydrogen) atoms. The number of carbonyl (C=O) groups is 1. The summed E-state index contributed by atoms with van der Waals surface area (Å²) in [5.41, 5.74) is 7.24. The Morgan fingerprint density at radius 2 is 2.53 bits per heavy atom. The molecule has 1 atom stereocenters. The van der Waals surface area contributed by atoms with E-state index < -0.39 is 0 Å². The molecule has 1 saturated heterocycles. The molecule has 82 valence electrons. The summed E-state index contributed by atoms with van der Waals surface area (Å²) < 4.78 is 7.25. The monoisotopic (exact) mass is 208 g/mol. The number of ether oxygens (including phenoxy) is 1. The van der Waals surface area contributed by atoms with Gasteiger partial charge in [-0.3, -0.25) is 4.79 Å². The second kappa shape index (κ2) is 4.16. The smallest absolute Gasteiger partial charge is 0.193 e. The maximum Gasteiger partial charge on any atom is 0.193 e. The highest BCUT2D eigenvalue weighted by Crippen LogP contribution is 2.18. The molecule has 1 unspecified atom stereocenters. The van der Waals surface area contributed by atoms with Crippen LogP contribution in [0.3, 0.4) is 0 Å². The fourth-order valence-electron chi connectivity index (χ4n) is 1.92. The van der Waals surface area contributed by atoms with Crippen LogP contribution in [0.2, 0.25) is 0 Å². The average molecular weight is 208 g/mol. The molecular formula is C11H16N2O2. The van der Waals surface area contributed by atoms with Gasteiger partial charge >= 0.3 is 0 Å². The van der Waals surface area contributed by atoms with E-state index in [1.165, 1.54) is 0 Å². The summed E-state index contributed by atoms with van der Waals surface area (Å²) in [6, 6.07) is 1.85. The summed E-state index contributed by atoms with van der Waals surface area (Å²) >= 11 is 0. The minimum absolute atomic E-state index is 0.0859. The third-order valence-corrected chi connectivity index (χ3v) is 2.82. The number of hydrogen-bond acceptors (Lipinski definition) is 3. The fraction of sp³-hybridized carbons (Fsp3) is 0.545. The Morgan fingerprint density at radius 1 is 1.73 bits per heavy atom. The minimum Gasteiger partial charge on any atom is -0.370 e. The summed E-state index contributed by atoms with van der Waals surface area (Å²) in [4.78, 5) is 11.9. The SMILES string of the molecule is Cn1cc(C(=O)C2CCCO2)cc1CN. The molecule has 2 heterocycles. The highest BCUT2D eigenvalue weighted by atomic mass is 16.5. The molecule has 2 N–H and O–H groups in total. The predicted octanol–water partition coefficient (Wildman–Crippen LogP) is 0.845. The Hall–Kier alpha value is -1.13. The lowest BCUT2D eigenvalue weighted by Crippen LogP contribution is -2.18. The molecule has 0 aliphatic carbocycles. The minimum atomic E-state index is -0.238. The van der Waals surface area contributed by atoms with E-state index in [-0.39, 0.29) is 11.9 Å². The Bertz CT molecular complexity index is 365. The van der Waals surface area contributed by atoms with Gasteiger partial charge in [0.05, 0.1) is 0 Å². The van der Waals surface area contributed by atoms with Crippen LogP contribution in [0, 0.1) is 0 Å². The number of hydrogen-bond donors (Lipinski definition) is 1. The molecule has 1 aromatic rings. The number of aryl methyl sites for hydroxylation is 1. The van der Waals surface area contributed by atoms with Crippen LogP contribution in [0.25, 0.3) is 0 Å². The number of ketones is 1. The van der Waals surface area contributed by atoms with Crippen LogP contribution < -0.4 is 5.73 Å². The van der Waals surface area contributed by atoms with Gasteiger partial charge in [0.1, 0.15) is 6.10 Å². The number of rotatable bonds is 3. The van der Waals surface area contributed by atoms with Crippen molar-refractivity contribution >= 4 is 5.78 Å². The number of aromatic nitrogens is 1. The summed E-state index contributed by atoms with van der Waals surface area (Å²) in [6.45, 7) is 1.16. The lowest BCUT2D eigenvalue weighted by atomic mass is 10.1. The molecule has 2 rings (SSSR count). The molecule has 1 fully saturated rings. The van der Waals surface area contributed by atoms with E-state index in [2.05, 4.69) is 0 Å². The Kier molecular flexibility index (Phi) is 2.88. The Morgan fingerprint density at radius 3 is 3.07 bits per heavy atom. The lowest BCUT2D eigenvalue weighted by molar-refractivity contribution is 0.0643. The zero-order valence-corrected chi connectivity index (χ0v) is 8.90. The molecule has 0 spiro atoms. The van der Waals surface area contributed by atoms with Crippen molar-refractivity contribution in [3.8, 4) is 0 Å². The van der Waals surface area contributed by atoms with Crippen molar-refractivity contribution in [1.29, 1.82) is 0 Å². The van der Waals surface area contributed by atoms with Crippen molar-refractivity contribution in [2.75, 3.05) is 6.61 Å². The van der Waals surface area contributed by atoms with Crippen LogP contribution in [0.15, 0.2) is 12.3 Å². The van der Waals surface area contributed by atoms with E-state index in [0.717, 1.165) is 18.5 Å². The quantitative estimate of drug-likeness (QED) is 0.749. The van der Waals surface area contributed by atoms with Gasteiger partial charge in [0.2, 0.25) is 0 Å². The van der Waals surface area contributed by atoms with Crippen molar-refractivity contribution in [3.63, 3.8) is 0 Å². The van der Waals surface area contributed by atoms with Crippen LogP contribution in [0.5, 0.6) is 0 Å². The van der Waals surface area contributed by atoms with Crippen molar-refractivity contribution in [2.24, 2.45) is 12.8 Å². The Balaban J connectivity index is 2.17. The number of nitrogens with zero attached hydrogens (tertiary/aromatic N) is 1. The largest absolute Gasteiger partial charge is 0.370 e. The predicted molar refractivity (Wildman–Crippen MR) is 56.6 cm³/mol. The second-order valence-corrected chi connectivity index (χ2v) is 3.90. The van der Waals surface area contributed by atoms with E-state index in [9.17, 15) is 4.79 Å². The molecule has 0 saturated carbocycles. The van der Waals surface area contributed by atoms with Crippen LogP contribution in [-0.4, -0.2) is 23.1 Å². The number of Topliss-reactive ketones (excluding diaryl/α,β-unsaturated/α-hetero) is 1. The molecule has 4 heteroatoms. The van der Waals surface area contributed by atoms with Crippen LogP contribution in [0.4, 0.5) is 0 Å². The standard InChI is InChI=1S/C11H16N2O2/c1-13-7-8(5-9(13)6-12)11(14)10-3-2-4-15-10/h5,7,10H,2-4,6,12H2,1H3. The molecule has 0 bridgehead atoms. The van der Waals surface area contributed by atoms with Gasteiger partial charge in [-0.2, -0.15) is 0 Å². The fourth-order valence-corrected chi connectivity index (χ4v) is 1.92. The topological polar surface area (TPSA) is 57.2 Å². The van der Waals surface area contributed by atoms with Gasteiger partial charge in [-0.1, -0.05) is 0 Å². The first-order valence-electron chi connectivity index (χ1n) is 5.23. The normalized spacial score (nSPS) is 20.8. The molecule has 1 aromatic heterocycles. The Labute approximate surface area is 89.0 Å². The van der Waals surface area contributed by atoms with Gasteiger partial charge in [0.25, 0.3) is 0 Å².